The number of nitrogens with zero attached hydrogens (tertiary/aromatic N) is 2. The Bertz CT molecular complexity index is 924. The van der Waals surface area contributed by atoms with Crippen LogP contribution in [-0.4, -0.2) is 49.7 Å². The second-order valence-electron chi connectivity index (χ2n) is 6.90. The second-order valence-corrected chi connectivity index (χ2v) is 8.83. The summed E-state index contributed by atoms with van der Waals surface area (Å²) < 4.78 is 26.8. The van der Waals surface area contributed by atoms with Crippen LogP contribution in [0.25, 0.3) is 0 Å². The molecule has 7 heteroatoms. The topological polar surface area (TPSA) is 69.7 Å². The minimum atomic E-state index is -3.56. The average molecular weight is 418 g/mol. The Kier molecular flexibility index (Phi) is 8.37. The molecular weight excluding hydrogens is 386 g/mol. The molecule has 158 valence electrons. The van der Waals surface area contributed by atoms with Crippen molar-refractivity contribution in [3.8, 4) is 0 Å². The van der Waals surface area contributed by atoms with Gasteiger partial charge in [0, 0.05) is 25.3 Å². The van der Waals surface area contributed by atoms with Gasteiger partial charge in [-0.1, -0.05) is 51.1 Å². The fraction of sp³-hybridized carbons (Fsp3) is 0.409. The molecule has 0 unspecified atom stereocenters. The molecule has 29 heavy (non-hydrogen) atoms. The third-order valence-corrected chi connectivity index (χ3v) is 6.98. The summed E-state index contributed by atoms with van der Waals surface area (Å²) >= 11 is 0. The number of aryl methyl sites for hydroxylation is 1. The lowest BCUT2D eigenvalue weighted by molar-refractivity contribution is -0.117. The smallest absolute Gasteiger partial charge is 0.243 e. The standard InChI is InChI=1S/C22H31N3O3S/c1-5-24(16-19-12-9-8-11-18(19)4)17-22(26)23-20-13-10-14-21(15-20)29(27,28)25(6-2)7-3/h8-15H,5-7,16-17H2,1-4H3,(H,23,26). The highest BCUT2D eigenvalue weighted by Gasteiger charge is 2.22. The minimum absolute atomic E-state index is 0.169. The average Bonchev–Trinajstić information content (AvgIpc) is 2.70. The molecule has 0 aliphatic heterocycles. The number of hydrogen-bond donors (Lipinski definition) is 1. The predicted molar refractivity (Wildman–Crippen MR) is 117 cm³/mol. The Morgan fingerprint density at radius 3 is 2.28 bits per heavy atom. The Morgan fingerprint density at radius 2 is 1.66 bits per heavy atom. The summed E-state index contributed by atoms with van der Waals surface area (Å²) in [6.07, 6.45) is 0. The van der Waals surface area contributed by atoms with Gasteiger partial charge in [0.05, 0.1) is 11.4 Å². The first-order valence-corrected chi connectivity index (χ1v) is 11.4. The first-order valence-electron chi connectivity index (χ1n) is 9.98. The highest BCUT2D eigenvalue weighted by molar-refractivity contribution is 7.89. The molecule has 0 atom stereocenters. The Morgan fingerprint density at radius 1 is 0.966 bits per heavy atom. The number of carbonyl (C=O) groups is 1. The van der Waals surface area contributed by atoms with Gasteiger partial charge >= 0.3 is 0 Å². The number of benzene rings is 2. The van der Waals surface area contributed by atoms with Crippen LogP contribution in [0, 0.1) is 6.92 Å². The van der Waals surface area contributed by atoms with E-state index in [1.165, 1.54) is 21.5 Å². The maximum absolute atomic E-state index is 12.7. The maximum Gasteiger partial charge on any atom is 0.243 e. The molecule has 0 saturated carbocycles. The van der Waals surface area contributed by atoms with E-state index < -0.39 is 10.0 Å². The van der Waals surface area contributed by atoms with Crippen molar-refractivity contribution >= 4 is 21.6 Å². The van der Waals surface area contributed by atoms with E-state index in [0.29, 0.717) is 25.3 Å². The van der Waals surface area contributed by atoms with Gasteiger partial charge in [0.2, 0.25) is 15.9 Å². The van der Waals surface area contributed by atoms with Crippen LogP contribution in [0.3, 0.4) is 0 Å². The number of amides is 1. The Labute approximate surface area is 174 Å². The maximum atomic E-state index is 12.7. The summed E-state index contributed by atoms with van der Waals surface area (Å²) in [5.41, 5.74) is 2.87. The molecule has 2 aromatic carbocycles. The molecule has 0 saturated heterocycles. The quantitative estimate of drug-likeness (QED) is 0.642. The summed E-state index contributed by atoms with van der Waals surface area (Å²) in [6.45, 7) is 10.2. The normalized spacial score (nSPS) is 11.8. The van der Waals surface area contributed by atoms with Crippen molar-refractivity contribution in [2.75, 3.05) is 31.5 Å². The van der Waals surface area contributed by atoms with E-state index in [1.807, 2.05) is 24.0 Å². The van der Waals surface area contributed by atoms with Crippen molar-refractivity contribution in [3.05, 3.63) is 59.7 Å². The number of carbonyl (C=O) groups excluding carboxylic acids is 1. The molecule has 0 radical (unpaired) electrons. The molecule has 0 bridgehead atoms. The van der Waals surface area contributed by atoms with E-state index in [9.17, 15) is 13.2 Å². The largest absolute Gasteiger partial charge is 0.325 e. The molecule has 1 amide bonds. The van der Waals surface area contributed by atoms with Gasteiger partial charge in [-0.05, 0) is 42.8 Å². The van der Waals surface area contributed by atoms with Gasteiger partial charge in [-0.2, -0.15) is 4.31 Å². The second kappa shape index (κ2) is 10.5. The first kappa shape index (κ1) is 23.1. The van der Waals surface area contributed by atoms with Crippen LogP contribution in [0.5, 0.6) is 0 Å². The molecular formula is C22H31N3O3S. The molecule has 0 aliphatic rings. The van der Waals surface area contributed by atoms with Gasteiger partial charge in [-0.15, -0.1) is 0 Å². The molecule has 1 N–H and O–H groups in total. The van der Waals surface area contributed by atoms with Crippen LogP contribution >= 0.6 is 0 Å². The van der Waals surface area contributed by atoms with Crippen molar-refractivity contribution in [1.82, 2.24) is 9.21 Å². The third kappa shape index (κ3) is 6.13. The van der Waals surface area contributed by atoms with Crippen molar-refractivity contribution in [2.45, 2.75) is 39.1 Å². The number of likely N-dealkylation sites (N-methyl/N-ethyl adjacent to an activating group) is 1. The van der Waals surface area contributed by atoms with Crippen LogP contribution in [-0.2, 0) is 21.4 Å². The van der Waals surface area contributed by atoms with E-state index in [0.717, 1.165) is 6.54 Å². The minimum Gasteiger partial charge on any atom is -0.325 e. The van der Waals surface area contributed by atoms with Crippen LogP contribution < -0.4 is 5.32 Å². The monoisotopic (exact) mass is 417 g/mol. The van der Waals surface area contributed by atoms with E-state index in [1.54, 1.807) is 32.0 Å². The number of sulfonamides is 1. The lowest BCUT2D eigenvalue weighted by Gasteiger charge is -2.21. The van der Waals surface area contributed by atoms with Gasteiger partial charge in [0.1, 0.15) is 0 Å². The zero-order valence-electron chi connectivity index (χ0n) is 17.7. The first-order chi connectivity index (χ1) is 13.8. The van der Waals surface area contributed by atoms with E-state index in [2.05, 4.69) is 24.4 Å². The van der Waals surface area contributed by atoms with Gasteiger partial charge in [-0.25, -0.2) is 8.42 Å². The Hall–Kier alpha value is -2.22. The SMILES string of the molecule is CCN(CC(=O)Nc1cccc(S(=O)(=O)N(CC)CC)c1)Cc1ccccc1C. The van der Waals surface area contributed by atoms with Gasteiger partial charge in [0.25, 0.3) is 0 Å². The fourth-order valence-electron chi connectivity index (χ4n) is 3.16. The van der Waals surface area contributed by atoms with Gasteiger partial charge < -0.3 is 5.32 Å². The molecule has 0 aliphatic carbocycles. The molecule has 6 nitrogen and oxygen atoms in total. The molecule has 0 aromatic heterocycles. The summed E-state index contributed by atoms with van der Waals surface area (Å²) in [5, 5.41) is 2.83. The van der Waals surface area contributed by atoms with Crippen LogP contribution in [0.2, 0.25) is 0 Å². The fourth-order valence-corrected chi connectivity index (χ4v) is 4.66. The molecule has 2 aromatic rings. The van der Waals surface area contributed by atoms with Crippen LogP contribution in [0.4, 0.5) is 5.69 Å². The van der Waals surface area contributed by atoms with Gasteiger partial charge in [0.15, 0.2) is 0 Å². The van der Waals surface area contributed by atoms with E-state index in [4.69, 9.17) is 0 Å². The predicted octanol–water partition coefficient (Wildman–Crippen LogP) is 3.49. The third-order valence-electron chi connectivity index (χ3n) is 4.93. The molecule has 0 spiro atoms. The summed E-state index contributed by atoms with van der Waals surface area (Å²) in [6, 6.07) is 14.6. The van der Waals surface area contributed by atoms with E-state index in [-0.39, 0.29) is 17.3 Å². The highest BCUT2D eigenvalue weighted by Crippen LogP contribution is 2.19. The highest BCUT2D eigenvalue weighted by atomic mass is 32.2. The van der Waals surface area contributed by atoms with Crippen molar-refractivity contribution in [2.24, 2.45) is 0 Å². The number of hydrogen-bond acceptors (Lipinski definition) is 4. The van der Waals surface area contributed by atoms with Crippen LogP contribution in [0.1, 0.15) is 31.9 Å². The molecule has 0 fully saturated rings. The van der Waals surface area contributed by atoms with Crippen molar-refractivity contribution in [1.29, 1.82) is 0 Å². The van der Waals surface area contributed by atoms with Crippen LogP contribution in [0.15, 0.2) is 53.4 Å². The van der Waals surface area contributed by atoms with E-state index >= 15 is 0 Å². The number of rotatable bonds is 10. The summed E-state index contributed by atoms with van der Waals surface area (Å²) in [7, 11) is -3.56. The van der Waals surface area contributed by atoms with Crippen molar-refractivity contribution in [3.63, 3.8) is 0 Å². The summed E-state index contributed by atoms with van der Waals surface area (Å²) in [5.74, 6) is -0.169. The zero-order chi connectivity index (χ0) is 21.4. The number of nitrogens with one attached hydrogen (secondary N) is 1. The van der Waals surface area contributed by atoms with Gasteiger partial charge in [-0.3, -0.25) is 9.69 Å². The zero-order valence-corrected chi connectivity index (χ0v) is 18.5. The lowest BCUT2D eigenvalue weighted by atomic mass is 10.1. The lowest BCUT2D eigenvalue weighted by Crippen LogP contribution is -2.33. The molecule has 2 rings (SSSR count). The molecule has 0 heterocycles. The Balaban J connectivity index is 2.07. The van der Waals surface area contributed by atoms with Crippen molar-refractivity contribution < 1.29 is 13.2 Å². The number of anilines is 1. The summed E-state index contributed by atoms with van der Waals surface area (Å²) in [4.78, 5) is 14.8.